The van der Waals surface area contributed by atoms with E-state index in [1.54, 1.807) is 0 Å². The summed E-state index contributed by atoms with van der Waals surface area (Å²) in [5.74, 6) is 0.851. The molecule has 134 valence electrons. The lowest BCUT2D eigenvalue weighted by Crippen LogP contribution is -2.09. The maximum absolute atomic E-state index is 5.56. The van der Waals surface area contributed by atoms with Gasteiger partial charge in [0.25, 0.3) is 0 Å². The molecule has 0 aliphatic rings. The van der Waals surface area contributed by atoms with Crippen LogP contribution in [0.5, 0.6) is 0 Å². The second-order valence-corrected chi connectivity index (χ2v) is 7.72. The fraction of sp³-hybridized carbons (Fsp3) is 1.00. The van der Waals surface area contributed by atoms with Gasteiger partial charge < -0.3 is 4.43 Å². The van der Waals surface area contributed by atoms with Crippen molar-refractivity contribution in [2.45, 2.75) is 117 Å². The molecule has 0 N–H and O–H groups in total. The summed E-state index contributed by atoms with van der Waals surface area (Å²) >= 11 is 0. The first-order chi connectivity index (χ1) is 10.8. The van der Waals surface area contributed by atoms with Crippen molar-refractivity contribution in [2.24, 2.45) is 5.92 Å². The maximum atomic E-state index is 5.56. The molecule has 0 radical (unpaired) electrons. The molecule has 0 aliphatic heterocycles. The van der Waals surface area contributed by atoms with Crippen molar-refractivity contribution >= 4 is 10.5 Å². The average molecular weight is 329 g/mol. The van der Waals surface area contributed by atoms with Crippen LogP contribution in [0.1, 0.15) is 117 Å². The Bertz CT molecular complexity index is 196. The van der Waals surface area contributed by atoms with Crippen LogP contribution in [0.3, 0.4) is 0 Å². The minimum absolute atomic E-state index is 0.851. The van der Waals surface area contributed by atoms with E-state index in [2.05, 4.69) is 13.8 Å². The fourth-order valence-electron chi connectivity index (χ4n) is 3.33. The molecule has 0 saturated carbocycles. The summed E-state index contributed by atoms with van der Waals surface area (Å²) in [6.45, 7) is 5.63. The molecule has 1 atom stereocenters. The molecular weight excluding hydrogens is 284 g/mol. The molecular formula is C20H44OSi. The molecule has 0 aromatic carbocycles. The van der Waals surface area contributed by atoms with Gasteiger partial charge >= 0.3 is 0 Å². The van der Waals surface area contributed by atoms with Gasteiger partial charge in [0.05, 0.1) is 0 Å². The molecule has 0 aromatic heterocycles. The van der Waals surface area contributed by atoms with E-state index in [9.17, 15) is 0 Å². The van der Waals surface area contributed by atoms with Crippen LogP contribution >= 0.6 is 0 Å². The van der Waals surface area contributed by atoms with Crippen LogP contribution in [0.25, 0.3) is 0 Å². The Labute approximate surface area is 144 Å². The third-order valence-corrected chi connectivity index (χ3v) is 5.17. The van der Waals surface area contributed by atoms with Crippen LogP contribution in [0.15, 0.2) is 0 Å². The third kappa shape index (κ3) is 16.5. The minimum Gasteiger partial charge on any atom is -0.428 e. The SMILES string of the molecule is CCCCCCCCCCC(CCCCCCCC)CO[SiH3]. The minimum atomic E-state index is 0.851. The number of hydrogen-bond donors (Lipinski definition) is 0. The first-order valence-electron chi connectivity index (χ1n) is 10.3. The molecule has 0 spiro atoms. The summed E-state index contributed by atoms with van der Waals surface area (Å²) in [6, 6.07) is 0. The number of rotatable bonds is 18. The highest BCUT2D eigenvalue weighted by atomic mass is 28.2. The van der Waals surface area contributed by atoms with E-state index in [0.29, 0.717) is 0 Å². The zero-order chi connectivity index (χ0) is 16.3. The van der Waals surface area contributed by atoms with Crippen molar-refractivity contribution in [3.63, 3.8) is 0 Å². The summed E-state index contributed by atoms with van der Waals surface area (Å²) < 4.78 is 5.56. The molecule has 0 aromatic rings. The Kier molecular flexibility index (Phi) is 19.4. The Hall–Kier alpha value is 0.177. The molecule has 1 unspecified atom stereocenters. The Morgan fingerprint density at radius 1 is 0.591 bits per heavy atom. The second-order valence-electron chi connectivity index (χ2n) is 7.14. The first kappa shape index (κ1) is 22.2. The third-order valence-electron chi connectivity index (χ3n) is 4.83. The highest BCUT2D eigenvalue weighted by molar-refractivity contribution is 5.97. The van der Waals surface area contributed by atoms with Gasteiger partial charge in [-0.25, -0.2) is 0 Å². The zero-order valence-corrected chi connectivity index (χ0v) is 18.0. The second kappa shape index (κ2) is 19.2. The van der Waals surface area contributed by atoms with E-state index in [-0.39, 0.29) is 0 Å². The van der Waals surface area contributed by atoms with Gasteiger partial charge in [-0.15, -0.1) is 0 Å². The Morgan fingerprint density at radius 2 is 0.955 bits per heavy atom. The smallest absolute Gasteiger partial charge is 0.145 e. The maximum Gasteiger partial charge on any atom is 0.145 e. The van der Waals surface area contributed by atoms with Gasteiger partial charge in [0.1, 0.15) is 10.5 Å². The summed E-state index contributed by atoms with van der Waals surface area (Å²) in [5, 5.41) is 0. The van der Waals surface area contributed by atoms with Crippen molar-refractivity contribution in [1.82, 2.24) is 0 Å². The lowest BCUT2D eigenvalue weighted by atomic mass is 9.95. The number of unbranched alkanes of at least 4 members (excludes halogenated alkanes) is 12. The summed E-state index contributed by atoms with van der Waals surface area (Å²) in [5.41, 5.74) is 0. The summed E-state index contributed by atoms with van der Waals surface area (Å²) in [4.78, 5) is 0. The Morgan fingerprint density at radius 3 is 1.32 bits per heavy atom. The molecule has 22 heavy (non-hydrogen) atoms. The van der Waals surface area contributed by atoms with Gasteiger partial charge in [-0.2, -0.15) is 0 Å². The molecule has 0 aliphatic carbocycles. The highest BCUT2D eigenvalue weighted by Gasteiger charge is 2.07. The van der Waals surface area contributed by atoms with E-state index in [4.69, 9.17) is 4.43 Å². The summed E-state index contributed by atoms with van der Waals surface area (Å²) in [7, 11) is 0.909. The molecule has 0 fully saturated rings. The quantitative estimate of drug-likeness (QED) is 0.215. The van der Waals surface area contributed by atoms with E-state index in [0.717, 1.165) is 23.0 Å². The van der Waals surface area contributed by atoms with Crippen LogP contribution < -0.4 is 0 Å². The molecule has 0 saturated heterocycles. The standard InChI is InChI=1S/C20H44OSi/c1-3-5-7-9-11-12-14-16-18-20(19-21-22)17-15-13-10-8-6-4-2/h20H,3-19H2,1-2,22H3. The molecule has 0 heterocycles. The Balaban J connectivity index is 3.43. The summed E-state index contributed by atoms with van der Waals surface area (Å²) in [6.07, 6.45) is 22.8. The molecule has 2 heteroatoms. The molecule has 1 nitrogen and oxygen atoms in total. The monoisotopic (exact) mass is 328 g/mol. The van der Waals surface area contributed by atoms with Gasteiger partial charge in [-0.3, -0.25) is 0 Å². The van der Waals surface area contributed by atoms with E-state index in [1.807, 2.05) is 0 Å². The van der Waals surface area contributed by atoms with Crippen LogP contribution in [0, 0.1) is 5.92 Å². The molecule has 0 bridgehead atoms. The van der Waals surface area contributed by atoms with Gasteiger partial charge in [0, 0.05) is 6.61 Å². The van der Waals surface area contributed by atoms with Crippen LogP contribution in [-0.2, 0) is 4.43 Å². The van der Waals surface area contributed by atoms with Crippen LogP contribution in [0.2, 0.25) is 0 Å². The number of hydrogen-bond acceptors (Lipinski definition) is 1. The predicted octanol–water partition coefficient (Wildman–Crippen LogP) is 6.18. The lowest BCUT2D eigenvalue weighted by Gasteiger charge is -2.16. The van der Waals surface area contributed by atoms with Crippen molar-refractivity contribution in [2.75, 3.05) is 6.61 Å². The molecule has 0 rings (SSSR count). The fourth-order valence-corrected chi connectivity index (χ4v) is 3.80. The van der Waals surface area contributed by atoms with Crippen molar-refractivity contribution in [1.29, 1.82) is 0 Å². The normalized spacial score (nSPS) is 12.8. The topological polar surface area (TPSA) is 9.23 Å². The van der Waals surface area contributed by atoms with Crippen molar-refractivity contribution in [3.8, 4) is 0 Å². The van der Waals surface area contributed by atoms with Crippen LogP contribution in [0.4, 0.5) is 0 Å². The first-order valence-corrected chi connectivity index (χ1v) is 11.2. The largest absolute Gasteiger partial charge is 0.428 e. The average Bonchev–Trinajstić information content (AvgIpc) is 2.53. The van der Waals surface area contributed by atoms with E-state index >= 15 is 0 Å². The van der Waals surface area contributed by atoms with Gasteiger partial charge in [-0.1, -0.05) is 104 Å². The van der Waals surface area contributed by atoms with Gasteiger partial charge in [0.2, 0.25) is 0 Å². The molecule has 0 amide bonds. The highest BCUT2D eigenvalue weighted by Crippen LogP contribution is 2.19. The van der Waals surface area contributed by atoms with Crippen molar-refractivity contribution in [3.05, 3.63) is 0 Å². The predicted molar refractivity (Wildman–Crippen MR) is 105 cm³/mol. The van der Waals surface area contributed by atoms with E-state index < -0.39 is 0 Å². The van der Waals surface area contributed by atoms with E-state index in [1.165, 1.54) is 103 Å². The van der Waals surface area contributed by atoms with Gasteiger partial charge in [-0.05, 0) is 18.8 Å². The lowest BCUT2D eigenvalue weighted by molar-refractivity contribution is 0.240. The zero-order valence-electron chi connectivity index (χ0n) is 16.0. The van der Waals surface area contributed by atoms with Gasteiger partial charge in [0.15, 0.2) is 0 Å². The van der Waals surface area contributed by atoms with Crippen molar-refractivity contribution < 1.29 is 4.43 Å². The van der Waals surface area contributed by atoms with Crippen LogP contribution in [-0.4, -0.2) is 17.1 Å².